The molecule has 0 amide bonds. The van der Waals surface area contributed by atoms with Crippen LogP contribution in [0.25, 0.3) is 0 Å². The van der Waals surface area contributed by atoms with Crippen LogP contribution >= 0.6 is 0 Å². The molecule has 0 atom stereocenters. The van der Waals surface area contributed by atoms with Gasteiger partial charge in [-0.25, -0.2) is 0 Å². The molecule has 0 rings (SSSR count). The molecule has 4 heavy (non-hydrogen) atoms. The molecule has 0 aliphatic carbocycles. The molecule has 0 bridgehead atoms. The molecule has 0 aromatic carbocycles. The van der Waals surface area contributed by atoms with E-state index in [2.05, 4.69) is 0 Å². The van der Waals surface area contributed by atoms with Gasteiger partial charge in [-0.15, -0.1) is 0 Å². The van der Waals surface area contributed by atoms with Crippen LogP contribution in [0.2, 0.25) is 0 Å². The Labute approximate surface area is 75.6 Å². The summed E-state index contributed by atoms with van der Waals surface area (Å²) in [6.07, 6.45) is 0. The normalized spacial score (nSPS) is 0. The third-order valence-electron chi connectivity index (χ3n) is 0. The van der Waals surface area contributed by atoms with E-state index < -0.39 is 0 Å². The number of hydrogen-bond acceptors (Lipinski definition) is 0. The maximum absolute atomic E-state index is 0. The first-order valence-corrected chi connectivity index (χ1v) is 0. The van der Waals surface area contributed by atoms with E-state index in [0.29, 0.717) is 0 Å². The molecule has 0 aliphatic heterocycles. The molecule has 0 aliphatic rings. The van der Waals surface area contributed by atoms with Crippen LogP contribution in [-0.2, 0) is 26.2 Å². The summed E-state index contributed by atoms with van der Waals surface area (Å²) >= 11 is 0. The Hall–Kier alpha value is 2.10. The van der Waals surface area contributed by atoms with E-state index in [4.69, 9.17) is 0 Å². The third-order valence-corrected chi connectivity index (χ3v) is 0. The molecule has 3 heteroatoms. The van der Waals surface area contributed by atoms with Gasteiger partial charge in [-0.1, -0.05) is 7.43 Å². The second kappa shape index (κ2) is 19.4. The zero-order chi connectivity index (χ0) is 0. The number of rotatable bonds is 0. The largest absolute Gasteiger partial charge is 0.412 e. The van der Waals surface area contributed by atoms with E-state index in [9.17, 15) is 0 Å². The Morgan fingerprint density at radius 1 is 1.00 bits per heavy atom. The predicted molar refractivity (Wildman–Crippen MR) is 16.1 cm³/mol. The Balaban J connectivity index is 0. The number of hydrogen-bond donors (Lipinski definition) is 0. The molecule has 0 fully saturated rings. The van der Waals surface area contributed by atoms with Crippen molar-refractivity contribution in [3.63, 3.8) is 0 Å². The molecule has 22 valence electrons. The van der Waals surface area contributed by atoms with E-state index >= 15 is 0 Å². The zero-order valence-corrected chi connectivity index (χ0v) is 6.37. The topological polar surface area (TPSA) is 31.5 Å². The van der Waals surface area contributed by atoms with Crippen molar-refractivity contribution in [1.82, 2.24) is 0 Å². The maximum atomic E-state index is 0. The molecule has 0 saturated carbocycles. The van der Waals surface area contributed by atoms with Crippen molar-refractivity contribution in [2.75, 3.05) is 0 Å². The SMILES string of the molecule is C.O.[Ca].[Zr]. The fraction of sp³-hybridized carbons (Fsp3) is 1.00. The van der Waals surface area contributed by atoms with E-state index in [0.717, 1.165) is 0 Å². The van der Waals surface area contributed by atoms with Gasteiger partial charge in [0, 0.05) is 63.9 Å². The van der Waals surface area contributed by atoms with Gasteiger partial charge in [0.25, 0.3) is 0 Å². The van der Waals surface area contributed by atoms with Crippen molar-refractivity contribution in [1.29, 1.82) is 0 Å². The van der Waals surface area contributed by atoms with Crippen LogP contribution in [0, 0.1) is 0 Å². The van der Waals surface area contributed by atoms with Gasteiger partial charge in [0.05, 0.1) is 0 Å². The Morgan fingerprint density at radius 3 is 1.00 bits per heavy atom. The molecule has 0 spiro atoms. The summed E-state index contributed by atoms with van der Waals surface area (Å²) in [7, 11) is 0. The fourth-order valence-electron chi connectivity index (χ4n) is 0. The van der Waals surface area contributed by atoms with Gasteiger partial charge in [-0.3, -0.25) is 0 Å². The van der Waals surface area contributed by atoms with Crippen molar-refractivity contribution in [3.8, 4) is 0 Å². The summed E-state index contributed by atoms with van der Waals surface area (Å²) in [5.41, 5.74) is 0. The van der Waals surface area contributed by atoms with Gasteiger partial charge in [0.15, 0.2) is 0 Å². The summed E-state index contributed by atoms with van der Waals surface area (Å²) in [5.74, 6) is 0. The predicted octanol–water partition coefficient (Wildman–Crippen LogP) is -0.572. The molecule has 0 unspecified atom stereocenters. The Morgan fingerprint density at radius 2 is 1.00 bits per heavy atom. The average molecular weight is 165 g/mol. The van der Waals surface area contributed by atoms with Crippen LogP contribution in [0.5, 0.6) is 0 Å². The summed E-state index contributed by atoms with van der Waals surface area (Å²) in [6, 6.07) is 0. The van der Waals surface area contributed by atoms with Crippen LogP contribution in [0.15, 0.2) is 0 Å². The van der Waals surface area contributed by atoms with Crippen LogP contribution in [0.4, 0.5) is 0 Å². The van der Waals surface area contributed by atoms with Crippen molar-refractivity contribution in [2.45, 2.75) is 7.43 Å². The van der Waals surface area contributed by atoms with Gasteiger partial charge in [0.1, 0.15) is 0 Å². The second-order valence-corrected chi connectivity index (χ2v) is 0. The molecular weight excluding hydrogens is 159 g/mol. The monoisotopic (exact) mass is 164 g/mol. The van der Waals surface area contributed by atoms with Gasteiger partial charge < -0.3 is 5.48 Å². The molecule has 2 N–H and O–H groups in total. The first-order valence-electron chi connectivity index (χ1n) is 0. The van der Waals surface area contributed by atoms with E-state index in [-0.39, 0.29) is 76.8 Å². The zero-order valence-electron chi connectivity index (χ0n) is 1.71. The van der Waals surface area contributed by atoms with E-state index in [1.807, 2.05) is 0 Å². The third kappa shape index (κ3) is 8.93. The smallest absolute Gasteiger partial charge is 0 e. The fourth-order valence-corrected chi connectivity index (χ4v) is 0. The summed E-state index contributed by atoms with van der Waals surface area (Å²) < 4.78 is 0. The van der Waals surface area contributed by atoms with Crippen molar-refractivity contribution < 1.29 is 31.7 Å². The molecule has 0 aromatic heterocycles. The van der Waals surface area contributed by atoms with Crippen LogP contribution < -0.4 is 0 Å². The standard InChI is InChI=1S/CH4.Ca.H2O.Zr/h1H4;;1H2;. The van der Waals surface area contributed by atoms with Gasteiger partial charge in [0.2, 0.25) is 0 Å². The summed E-state index contributed by atoms with van der Waals surface area (Å²) in [5, 5.41) is 0. The minimum absolute atomic E-state index is 0. The van der Waals surface area contributed by atoms with Crippen LogP contribution in [-0.4, -0.2) is 43.2 Å². The molecule has 0 aromatic rings. The molecule has 1 nitrogen and oxygen atoms in total. The molecule has 2 radical (unpaired) electrons. The first-order chi connectivity index (χ1) is 0. The average Bonchev–Trinajstić information content (AvgIpc) is 0. The Bertz CT molecular complexity index is 8.00. The minimum atomic E-state index is 0. The summed E-state index contributed by atoms with van der Waals surface area (Å²) in [4.78, 5) is 0. The van der Waals surface area contributed by atoms with Crippen molar-refractivity contribution >= 4 is 37.7 Å². The second-order valence-electron chi connectivity index (χ2n) is 0. The molecular formula is CH6CaOZr. The Kier molecular flexibility index (Phi) is 175. The van der Waals surface area contributed by atoms with Crippen LogP contribution in [0.1, 0.15) is 7.43 Å². The van der Waals surface area contributed by atoms with Gasteiger partial charge >= 0.3 is 0 Å². The van der Waals surface area contributed by atoms with E-state index in [1.54, 1.807) is 0 Å². The van der Waals surface area contributed by atoms with Crippen molar-refractivity contribution in [3.05, 3.63) is 0 Å². The molecule has 0 saturated heterocycles. The molecule has 0 heterocycles. The van der Waals surface area contributed by atoms with E-state index in [1.165, 1.54) is 0 Å². The minimum Gasteiger partial charge on any atom is -0.412 e. The first kappa shape index (κ1) is 35.9. The quantitative estimate of drug-likeness (QED) is 0.431. The van der Waals surface area contributed by atoms with Gasteiger partial charge in [-0.05, 0) is 0 Å². The van der Waals surface area contributed by atoms with Crippen molar-refractivity contribution in [2.24, 2.45) is 0 Å². The van der Waals surface area contributed by atoms with Gasteiger partial charge in [-0.2, -0.15) is 0 Å². The maximum Gasteiger partial charge on any atom is 0 e. The summed E-state index contributed by atoms with van der Waals surface area (Å²) in [6.45, 7) is 0. The van der Waals surface area contributed by atoms with Crippen LogP contribution in [0.3, 0.4) is 0 Å².